The van der Waals surface area contributed by atoms with E-state index in [0.29, 0.717) is 17.9 Å². The highest BCUT2D eigenvalue weighted by molar-refractivity contribution is 6.00. The number of nitrogens with one attached hydrogen (secondary N) is 2. The molecule has 7 heteroatoms. The van der Waals surface area contributed by atoms with Gasteiger partial charge in [0.05, 0.1) is 12.1 Å². The van der Waals surface area contributed by atoms with Crippen molar-refractivity contribution in [3.63, 3.8) is 0 Å². The summed E-state index contributed by atoms with van der Waals surface area (Å²) in [5.41, 5.74) is 0.553. The van der Waals surface area contributed by atoms with Crippen molar-refractivity contribution in [2.24, 2.45) is 5.92 Å². The van der Waals surface area contributed by atoms with E-state index in [0.717, 1.165) is 0 Å². The zero-order valence-electron chi connectivity index (χ0n) is 13.0. The highest BCUT2D eigenvalue weighted by Crippen LogP contribution is 2.29. The number of fused-ring (bicyclic) bond motifs is 1. The summed E-state index contributed by atoms with van der Waals surface area (Å²) in [6.07, 6.45) is -0.595. The molecule has 0 radical (unpaired) electrons. The van der Waals surface area contributed by atoms with Crippen molar-refractivity contribution in [1.29, 1.82) is 0 Å². The fourth-order valence-corrected chi connectivity index (χ4v) is 2.31. The summed E-state index contributed by atoms with van der Waals surface area (Å²) in [6.45, 7) is 3.60. The van der Waals surface area contributed by atoms with Crippen LogP contribution >= 0.6 is 0 Å². The van der Waals surface area contributed by atoms with Gasteiger partial charge in [0.25, 0.3) is 5.91 Å². The predicted molar refractivity (Wildman–Crippen MR) is 83.1 cm³/mol. The van der Waals surface area contributed by atoms with Crippen LogP contribution in [0.5, 0.6) is 5.75 Å². The second-order valence-electron chi connectivity index (χ2n) is 5.56. The minimum absolute atomic E-state index is 0.210. The SMILES string of the molecule is CC[C@H](C)[C@H](NC(=O)CC1Oc2ccccc2NC1=O)C(=O)O. The van der Waals surface area contributed by atoms with E-state index in [1.807, 2.05) is 6.92 Å². The summed E-state index contributed by atoms with van der Waals surface area (Å²) in [6, 6.07) is 5.94. The molecule has 0 aromatic heterocycles. The third-order valence-electron chi connectivity index (χ3n) is 3.87. The Morgan fingerprint density at radius 2 is 2.09 bits per heavy atom. The minimum Gasteiger partial charge on any atom is -0.480 e. The first-order chi connectivity index (χ1) is 10.9. The molecule has 0 bridgehead atoms. The zero-order chi connectivity index (χ0) is 17.0. The molecule has 7 nitrogen and oxygen atoms in total. The number of carbonyl (C=O) groups excluding carboxylic acids is 2. The van der Waals surface area contributed by atoms with Crippen LogP contribution in [0, 0.1) is 5.92 Å². The Hall–Kier alpha value is -2.57. The number of carboxylic acids is 1. The summed E-state index contributed by atoms with van der Waals surface area (Å²) < 4.78 is 5.52. The fraction of sp³-hybridized carbons (Fsp3) is 0.438. The monoisotopic (exact) mass is 320 g/mol. The molecule has 0 saturated heterocycles. The number of benzene rings is 1. The number of hydrogen-bond acceptors (Lipinski definition) is 4. The Bertz CT molecular complexity index is 616. The minimum atomic E-state index is -1.09. The maximum absolute atomic E-state index is 12.1. The summed E-state index contributed by atoms with van der Waals surface area (Å²) in [4.78, 5) is 35.3. The van der Waals surface area contributed by atoms with Gasteiger partial charge in [0, 0.05) is 0 Å². The van der Waals surface area contributed by atoms with Crippen molar-refractivity contribution in [2.45, 2.75) is 38.8 Å². The van der Waals surface area contributed by atoms with E-state index in [4.69, 9.17) is 4.74 Å². The average molecular weight is 320 g/mol. The highest BCUT2D eigenvalue weighted by Gasteiger charge is 2.32. The molecule has 1 aliphatic rings. The molecule has 1 unspecified atom stereocenters. The molecule has 1 aliphatic heterocycles. The maximum atomic E-state index is 12.1. The number of ether oxygens (including phenoxy) is 1. The van der Waals surface area contributed by atoms with Crippen LogP contribution < -0.4 is 15.4 Å². The Labute approximate surface area is 134 Å². The van der Waals surface area contributed by atoms with Gasteiger partial charge in [-0.1, -0.05) is 32.4 Å². The molecule has 2 amide bonds. The topological polar surface area (TPSA) is 105 Å². The van der Waals surface area contributed by atoms with Crippen molar-refractivity contribution in [3.8, 4) is 5.75 Å². The van der Waals surface area contributed by atoms with Gasteiger partial charge in [0.2, 0.25) is 5.91 Å². The first kappa shape index (κ1) is 16.8. The molecule has 1 aromatic carbocycles. The number of para-hydroxylation sites is 2. The number of hydrogen-bond donors (Lipinski definition) is 3. The number of anilines is 1. The Kier molecular flexibility index (Phi) is 5.20. The lowest BCUT2D eigenvalue weighted by atomic mass is 9.99. The van der Waals surface area contributed by atoms with E-state index in [1.54, 1.807) is 31.2 Å². The second-order valence-corrected chi connectivity index (χ2v) is 5.56. The third-order valence-corrected chi connectivity index (χ3v) is 3.87. The number of aliphatic carboxylic acids is 1. The molecule has 0 saturated carbocycles. The van der Waals surface area contributed by atoms with Crippen LogP contribution in [0.2, 0.25) is 0 Å². The lowest BCUT2D eigenvalue weighted by molar-refractivity contribution is -0.143. The Morgan fingerprint density at radius 1 is 1.39 bits per heavy atom. The molecule has 23 heavy (non-hydrogen) atoms. The quantitative estimate of drug-likeness (QED) is 0.734. The summed E-state index contributed by atoms with van der Waals surface area (Å²) in [7, 11) is 0. The van der Waals surface area contributed by atoms with Gasteiger partial charge in [0.15, 0.2) is 6.10 Å². The largest absolute Gasteiger partial charge is 0.480 e. The van der Waals surface area contributed by atoms with Crippen molar-refractivity contribution in [2.75, 3.05) is 5.32 Å². The summed E-state index contributed by atoms with van der Waals surface area (Å²) >= 11 is 0. The molecular formula is C16H20N2O5. The molecular weight excluding hydrogens is 300 g/mol. The number of carbonyl (C=O) groups is 3. The van der Waals surface area contributed by atoms with Gasteiger partial charge in [-0.25, -0.2) is 4.79 Å². The first-order valence-corrected chi connectivity index (χ1v) is 7.51. The number of amides is 2. The molecule has 1 aromatic rings. The van der Waals surface area contributed by atoms with E-state index in [9.17, 15) is 19.5 Å². The molecule has 3 N–H and O–H groups in total. The van der Waals surface area contributed by atoms with Gasteiger partial charge >= 0.3 is 5.97 Å². The van der Waals surface area contributed by atoms with E-state index in [2.05, 4.69) is 10.6 Å². The summed E-state index contributed by atoms with van der Waals surface area (Å²) in [5, 5.41) is 14.3. The average Bonchev–Trinajstić information content (AvgIpc) is 2.52. The molecule has 0 spiro atoms. The van der Waals surface area contributed by atoms with Crippen LogP contribution in [0.1, 0.15) is 26.7 Å². The van der Waals surface area contributed by atoms with Crippen LogP contribution in [0.4, 0.5) is 5.69 Å². The fourth-order valence-electron chi connectivity index (χ4n) is 2.31. The van der Waals surface area contributed by atoms with Crippen LogP contribution in [0.15, 0.2) is 24.3 Å². The summed E-state index contributed by atoms with van der Waals surface area (Å²) in [5.74, 6) is -1.77. The van der Waals surface area contributed by atoms with E-state index in [1.165, 1.54) is 0 Å². The zero-order valence-corrected chi connectivity index (χ0v) is 13.0. The van der Waals surface area contributed by atoms with Crippen molar-refractivity contribution >= 4 is 23.5 Å². The van der Waals surface area contributed by atoms with Crippen LogP contribution in [-0.2, 0) is 14.4 Å². The smallest absolute Gasteiger partial charge is 0.326 e. The van der Waals surface area contributed by atoms with E-state index < -0.39 is 29.9 Å². The third kappa shape index (κ3) is 4.00. The van der Waals surface area contributed by atoms with Crippen molar-refractivity contribution in [3.05, 3.63) is 24.3 Å². The first-order valence-electron chi connectivity index (χ1n) is 7.51. The van der Waals surface area contributed by atoms with E-state index in [-0.39, 0.29) is 12.3 Å². The van der Waals surface area contributed by atoms with Gasteiger partial charge in [-0.05, 0) is 18.1 Å². The molecule has 124 valence electrons. The molecule has 0 fully saturated rings. The standard InChI is InChI=1S/C16H20N2O5/c1-3-9(2)14(16(21)22)18-13(19)8-12-15(20)17-10-6-4-5-7-11(10)23-12/h4-7,9,12,14H,3,8H2,1-2H3,(H,17,20)(H,18,19)(H,21,22)/t9-,12?,14-/m0/s1. The lowest BCUT2D eigenvalue weighted by Crippen LogP contribution is -2.48. The highest BCUT2D eigenvalue weighted by atomic mass is 16.5. The number of rotatable bonds is 6. The van der Waals surface area contributed by atoms with Crippen LogP contribution in [-0.4, -0.2) is 35.0 Å². The predicted octanol–water partition coefficient (Wildman–Crippen LogP) is 1.39. The molecule has 2 rings (SSSR count). The molecule has 3 atom stereocenters. The van der Waals surface area contributed by atoms with Gasteiger partial charge < -0.3 is 20.5 Å². The Morgan fingerprint density at radius 3 is 2.74 bits per heavy atom. The molecule has 1 heterocycles. The second kappa shape index (κ2) is 7.13. The molecule has 0 aliphatic carbocycles. The lowest BCUT2D eigenvalue weighted by Gasteiger charge is -2.26. The van der Waals surface area contributed by atoms with Crippen molar-refractivity contribution in [1.82, 2.24) is 5.32 Å². The van der Waals surface area contributed by atoms with Crippen LogP contribution in [0.3, 0.4) is 0 Å². The van der Waals surface area contributed by atoms with E-state index >= 15 is 0 Å². The van der Waals surface area contributed by atoms with Gasteiger partial charge in [0.1, 0.15) is 11.8 Å². The Balaban J connectivity index is 2.00. The normalized spacial score (nSPS) is 18.9. The maximum Gasteiger partial charge on any atom is 0.326 e. The van der Waals surface area contributed by atoms with Gasteiger partial charge in [-0.3, -0.25) is 9.59 Å². The number of carboxylic acid groups (broad SMARTS) is 1. The van der Waals surface area contributed by atoms with Crippen LogP contribution in [0.25, 0.3) is 0 Å². The van der Waals surface area contributed by atoms with Gasteiger partial charge in [-0.2, -0.15) is 0 Å². The van der Waals surface area contributed by atoms with Crippen molar-refractivity contribution < 1.29 is 24.2 Å². The van der Waals surface area contributed by atoms with Gasteiger partial charge in [-0.15, -0.1) is 0 Å².